The molecule has 2 aliphatic heterocycles. The molecule has 3 aromatic rings. The van der Waals surface area contributed by atoms with Crippen molar-refractivity contribution in [3.8, 4) is 22.1 Å². The van der Waals surface area contributed by atoms with Crippen molar-refractivity contribution in [1.82, 2.24) is 10.2 Å². The average molecular weight is 426 g/mol. The summed E-state index contributed by atoms with van der Waals surface area (Å²) < 4.78 is 23.6. The van der Waals surface area contributed by atoms with E-state index >= 15 is 0 Å². The molecule has 8 heteroatoms. The van der Waals surface area contributed by atoms with Gasteiger partial charge in [0, 0.05) is 24.7 Å². The van der Waals surface area contributed by atoms with Crippen molar-refractivity contribution in [2.24, 2.45) is 0 Å². The van der Waals surface area contributed by atoms with Crippen LogP contribution in [0.15, 0.2) is 54.6 Å². The minimum Gasteiger partial charge on any atom is -0.497 e. The van der Waals surface area contributed by atoms with Gasteiger partial charge < -0.3 is 23.8 Å². The lowest BCUT2D eigenvalue weighted by molar-refractivity contribution is -0.00461. The lowest BCUT2D eigenvalue weighted by Crippen LogP contribution is -2.29. The van der Waals surface area contributed by atoms with Crippen LogP contribution < -0.4 is 14.4 Å². The number of aromatic nitrogens is 2. The Balaban J connectivity index is 1.20. The molecule has 0 unspecified atom stereocenters. The molecule has 1 aromatic heterocycles. The molecule has 2 fully saturated rings. The van der Waals surface area contributed by atoms with E-state index in [1.165, 1.54) is 0 Å². The molecule has 7 nitrogen and oxygen atoms in total. The van der Waals surface area contributed by atoms with Crippen LogP contribution in [0.25, 0.3) is 10.6 Å². The topological polar surface area (TPSA) is 65.9 Å². The fraction of sp³-hybridized carbons (Fsp3) is 0.364. The first kappa shape index (κ1) is 19.3. The summed E-state index contributed by atoms with van der Waals surface area (Å²) in [5, 5.41) is 10.6. The predicted molar refractivity (Wildman–Crippen MR) is 114 cm³/mol. The number of ether oxygens (including phenoxy) is 4. The van der Waals surface area contributed by atoms with E-state index in [0.717, 1.165) is 40.3 Å². The molecule has 0 N–H and O–H groups in total. The zero-order valence-electron chi connectivity index (χ0n) is 16.6. The Bertz CT molecular complexity index is 967. The van der Waals surface area contributed by atoms with Crippen LogP contribution in [0.5, 0.6) is 11.5 Å². The summed E-state index contributed by atoms with van der Waals surface area (Å²) in [6, 6.07) is 17.7. The highest BCUT2D eigenvalue weighted by Gasteiger charge is 2.39. The van der Waals surface area contributed by atoms with Crippen LogP contribution in [0.3, 0.4) is 0 Å². The Morgan fingerprint density at radius 3 is 2.40 bits per heavy atom. The Labute approximate surface area is 179 Å². The van der Waals surface area contributed by atoms with Gasteiger partial charge in [0.2, 0.25) is 5.13 Å². The molecule has 30 heavy (non-hydrogen) atoms. The molecule has 0 spiro atoms. The van der Waals surface area contributed by atoms with Crippen LogP contribution in [-0.4, -0.2) is 61.9 Å². The van der Waals surface area contributed by atoms with Crippen LogP contribution in [-0.2, 0) is 9.47 Å². The fourth-order valence-electron chi connectivity index (χ4n) is 3.71. The van der Waals surface area contributed by atoms with Crippen LogP contribution in [0.1, 0.15) is 0 Å². The summed E-state index contributed by atoms with van der Waals surface area (Å²) >= 11 is 1.60. The average Bonchev–Trinajstić information content (AvgIpc) is 3.40. The molecule has 156 valence electrons. The molecule has 0 radical (unpaired) electrons. The Hall–Kier alpha value is -2.68. The predicted octanol–water partition coefficient (Wildman–Crippen LogP) is 3.27. The van der Waals surface area contributed by atoms with Gasteiger partial charge in [-0.3, -0.25) is 0 Å². The second-order valence-electron chi connectivity index (χ2n) is 7.32. The van der Waals surface area contributed by atoms with E-state index in [1.54, 1.807) is 18.4 Å². The maximum atomic E-state index is 6.14. The van der Waals surface area contributed by atoms with Crippen LogP contribution in [0, 0.1) is 0 Å². The maximum Gasteiger partial charge on any atom is 0.208 e. The van der Waals surface area contributed by atoms with E-state index in [9.17, 15) is 0 Å². The number of rotatable bonds is 5. The molecule has 0 amide bonds. The molecule has 0 saturated carbocycles. The van der Waals surface area contributed by atoms with E-state index in [-0.39, 0.29) is 18.3 Å². The lowest BCUT2D eigenvalue weighted by atomic mass is 10.2. The number of anilines is 1. The number of nitrogens with zero attached hydrogens (tertiary/aromatic N) is 3. The second kappa shape index (κ2) is 8.59. The number of methoxy groups -OCH3 is 1. The summed E-state index contributed by atoms with van der Waals surface area (Å²) in [6.07, 6.45) is -0.164. The quantitative estimate of drug-likeness (QED) is 0.622. The smallest absolute Gasteiger partial charge is 0.208 e. The van der Waals surface area contributed by atoms with Gasteiger partial charge in [0.1, 0.15) is 34.8 Å². The monoisotopic (exact) mass is 425 g/mol. The van der Waals surface area contributed by atoms with Gasteiger partial charge in [-0.2, -0.15) is 0 Å². The normalized spacial score (nSPS) is 21.8. The van der Waals surface area contributed by atoms with Gasteiger partial charge in [-0.05, 0) is 12.1 Å². The number of fused-ring (bicyclic) bond motifs is 1. The van der Waals surface area contributed by atoms with Crippen molar-refractivity contribution in [2.45, 2.75) is 18.3 Å². The van der Waals surface area contributed by atoms with Crippen LogP contribution in [0.2, 0.25) is 0 Å². The van der Waals surface area contributed by atoms with Gasteiger partial charge in [0.05, 0.1) is 20.3 Å². The van der Waals surface area contributed by atoms with Gasteiger partial charge in [-0.1, -0.05) is 47.7 Å². The van der Waals surface area contributed by atoms with Crippen molar-refractivity contribution >= 4 is 16.5 Å². The third-order valence-electron chi connectivity index (χ3n) is 5.26. The number of hydrogen-bond donors (Lipinski definition) is 0. The van der Waals surface area contributed by atoms with Crippen molar-refractivity contribution < 1.29 is 18.9 Å². The van der Waals surface area contributed by atoms with E-state index in [4.69, 9.17) is 18.9 Å². The Kier molecular flexibility index (Phi) is 5.52. The second-order valence-corrected chi connectivity index (χ2v) is 8.28. The molecule has 0 aliphatic carbocycles. The van der Waals surface area contributed by atoms with E-state index in [1.807, 2.05) is 54.6 Å². The minimum atomic E-state index is -0.151. The van der Waals surface area contributed by atoms with Gasteiger partial charge in [-0.15, -0.1) is 10.2 Å². The number of hydrogen-bond acceptors (Lipinski definition) is 8. The van der Waals surface area contributed by atoms with Gasteiger partial charge in [-0.25, -0.2) is 0 Å². The zero-order valence-corrected chi connectivity index (χ0v) is 17.5. The van der Waals surface area contributed by atoms with Crippen LogP contribution in [0.4, 0.5) is 5.13 Å². The van der Waals surface area contributed by atoms with Gasteiger partial charge >= 0.3 is 0 Å². The molecule has 2 saturated heterocycles. The zero-order chi connectivity index (χ0) is 20.3. The molecule has 0 bridgehead atoms. The summed E-state index contributed by atoms with van der Waals surface area (Å²) in [4.78, 5) is 2.20. The first-order valence-corrected chi connectivity index (χ1v) is 10.8. The molecule has 2 aliphatic rings. The molecule has 5 rings (SSSR count). The van der Waals surface area contributed by atoms with Crippen molar-refractivity contribution in [3.05, 3.63) is 54.6 Å². The van der Waals surface area contributed by atoms with E-state index < -0.39 is 0 Å². The summed E-state index contributed by atoms with van der Waals surface area (Å²) in [5.41, 5.74) is 1.08. The summed E-state index contributed by atoms with van der Waals surface area (Å²) in [6.45, 7) is 2.44. The Morgan fingerprint density at radius 2 is 1.67 bits per heavy atom. The highest BCUT2D eigenvalue weighted by atomic mass is 32.1. The van der Waals surface area contributed by atoms with Gasteiger partial charge in [0.25, 0.3) is 0 Å². The summed E-state index contributed by atoms with van der Waals surface area (Å²) in [7, 11) is 1.64. The third-order valence-corrected chi connectivity index (χ3v) is 6.29. The largest absolute Gasteiger partial charge is 0.497 e. The number of benzene rings is 2. The minimum absolute atomic E-state index is 0.00650. The van der Waals surface area contributed by atoms with Crippen molar-refractivity contribution in [3.63, 3.8) is 0 Å². The molecule has 3 heterocycles. The highest BCUT2D eigenvalue weighted by molar-refractivity contribution is 7.18. The fourth-order valence-corrected chi connectivity index (χ4v) is 4.57. The molecule has 2 aromatic carbocycles. The summed E-state index contributed by atoms with van der Waals surface area (Å²) in [5.74, 6) is 1.52. The maximum absolute atomic E-state index is 6.14. The first-order valence-electron chi connectivity index (χ1n) is 9.96. The highest BCUT2D eigenvalue weighted by Crippen LogP contribution is 2.32. The van der Waals surface area contributed by atoms with Crippen molar-refractivity contribution in [2.75, 3.05) is 38.3 Å². The standard InChI is InChI=1S/C22H23N3O4S/c1-26-16-8-5-9-17(10-16)29-18-13-27-19-11-25(12-20(19)28-14-18)22-24-23-21(30-22)15-6-3-2-4-7-15/h2-10,18-20H,11-14H2,1H3/t19-,20-/m0/s1. The first-order chi connectivity index (χ1) is 14.8. The molecular weight excluding hydrogens is 402 g/mol. The van der Waals surface area contributed by atoms with Crippen molar-refractivity contribution in [1.29, 1.82) is 0 Å². The molecule has 2 atom stereocenters. The lowest BCUT2D eigenvalue weighted by Gasteiger charge is -2.19. The van der Waals surface area contributed by atoms with E-state index in [2.05, 4.69) is 15.1 Å². The Morgan fingerprint density at radius 1 is 0.933 bits per heavy atom. The van der Waals surface area contributed by atoms with Crippen LogP contribution >= 0.6 is 11.3 Å². The molecular formula is C22H23N3O4S. The SMILES string of the molecule is COc1cccc(OC2CO[C@H]3CN(c4nnc(-c5ccccc5)s4)C[C@@H]3OC2)c1. The van der Waals surface area contributed by atoms with Gasteiger partial charge in [0.15, 0.2) is 0 Å². The third kappa shape index (κ3) is 4.12. The van der Waals surface area contributed by atoms with E-state index in [0.29, 0.717) is 13.2 Å².